The minimum atomic E-state index is -0.251. The Morgan fingerprint density at radius 2 is 1.88 bits per heavy atom. The van der Waals surface area contributed by atoms with Crippen LogP contribution in [0.1, 0.15) is 30.1 Å². The van der Waals surface area contributed by atoms with Crippen molar-refractivity contribution in [3.8, 4) is 0 Å². The normalized spacial score (nSPS) is 30.3. The van der Waals surface area contributed by atoms with Gasteiger partial charge in [-0.15, -0.1) is 0 Å². The smallest absolute Gasteiger partial charge is 0.0826 e. The van der Waals surface area contributed by atoms with Crippen molar-refractivity contribution < 1.29 is 9.84 Å². The van der Waals surface area contributed by atoms with Gasteiger partial charge in [0.2, 0.25) is 0 Å². The van der Waals surface area contributed by atoms with E-state index in [1.54, 1.807) is 0 Å². The van der Waals surface area contributed by atoms with E-state index in [2.05, 4.69) is 18.2 Å². The van der Waals surface area contributed by atoms with E-state index in [9.17, 15) is 5.11 Å². The molecule has 1 fully saturated rings. The molecule has 1 N–H and O–H groups in total. The van der Waals surface area contributed by atoms with Crippen molar-refractivity contribution in [3.63, 3.8) is 0 Å². The van der Waals surface area contributed by atoms with Crippen molar-refractivity contribution >= 4 is 0 Å². The molecular weight excluding hydrogens is 200 g/mol. The average Bonchev–Trinajstić information content (AvgIpc) is 2.69. The summed E-state index contributed by atoms with van der Waals surface area (Å²) >= 11 is 0. The van der Waals surface area contributed by atoms with Crippen LogP contribution in [0.4, 0.5) is 0 Å². The third-order valence-electron chi connectivity index (χ3n) is 4.11. The molecule has 0 aromatic heterocycles. The van der Waals surface area contributed by atoms with Crippen molar-refractivity contribution in [2.24, 2.45) is 11.8 Å². The zero-order chi connectivity index (χ0) is 11.0. The summed E-state index contributed by atoms with van der Waals surface area (Å²) in [7, 11) is 0. The van der Waals surface area contributed by atoms with Crippen LogP contribution in [0.3, 0.4) is 0 Å². The maximum Gasteiger partial charge on any atom is 0.0826 e. The second-order valence-electron chi connectivity index (χ2n) is 4.96. The molecule has 0 saturated carbocycles. The predicted octanol–water partition coefficient (Wildman–Crippen LogP) is 2.32. The summed E-state index contributed by atoms with van der Waals surface area (Å²) < 4.78 is 5.39. The molecule has 0 bridgehead atoms. The first-order chi connectivity index (χ1) is 7.86. The van der Waals surface area contributed by atoms with Crippen LogP contribution in [0, 0.1) is 11.8 Å². The van der Waals surface area contributed by atoms with Gasteiger partial charge in [-0.25, -0.2) is 0 Å². The summed E-state index contributed by atoms with van der Waals surface area (Å²) in [5, 5.41) is 10.4. The third-order valence-corrected chi connectivity index (χ3v) is 4.11. The van der Waals surface area contributed by atoms with Crippen LogP contribution in [0.5, 0.6) is 0 Å². The predicted molar refractivity (Wildman–Crippen MR) is 62.1 cm³/mol. The van der Waals surface area contributed by atoms with Crippen molar-refractivity contribution in [3.05, 3.63) is 35.4 Å². The number of fused-ring (bicyclic) bond motifs is 1. The molecule has 0 radical (unpaired) electrons. The lowest BCUT2D eigenvalue weighted by Crippen LogP contribution is -2.26. The summed E-state index contributed by atoms with van der Waals surface area (Å²) in [4.78, 5) is 0. The zero-order valence-corrected chi connectivity index (χ0v) is 9.43. The standard InChI is InChI=1S/C14H18O2/c15-14-12-4-2-1-3-11(12)9-13(14)10-5-7-16-8-6-10/h1-4,10,13-15H,5-9H2. The minimum absolute atomic E-state index is 0.251. The Hall–Kier alpha value is -0.860. The molecule has 0 amide bonds. The number of aliphatic hydroxyl groups is 1. The molecule has 2 heteroatoms. The van der Waals surface area contributed by atoms with Gasteiger partial charge in [-0.3, -0.25) is 0 Å². The molecule has 1 aliphatic carbocycles. The van der Waals surface area contributed by atoms with Crippen LogP contribution in [-0.4, -0.2) is 18.3 Å². The van der Waals surface area contributed by atoms with Gasteiger partial charge in [0.1, 0.15) is 0 Å². The van der Waals surface area contributed by atoms with Gasteiger partial charge in [-0.1, -0.05) is 24.3 Å². The summed E-state index contributed by atoms with van der Waals surface area (Å²) in [5.74, 6) is 1.05. The number of rotatable bonds is 1. The van der Waals surface area contributed by atoms with Gasteiger partial charge in [-0.2, -0.15) is 0 Å². The Bertz CT molecular complexity index is 369. The monoisotopic (exact) mass is 218 g/mol. The van der Waals surface area contributed by atoms with E-state index in [1.165, 1.54) is 5.56 Å². The third kappa shape index (κ3) is 1.66. The first kappa shape index (κ1) is 10.3. The molecule has 16 heavy (non-hydrogen) atoms. The van der Waals surface area contributed by atoms with Gasteiger partial charge >= 0.3 is 0 Å². The highest BCUT2D eigenvalue weighted by atomic mass is 16.5. The van der Waals surface area contributed by atoms with Crippen molar-refractivity contribution in [1.29, 1.82) is 0 Å². The Kier molecular flexibility index (Phi) is 2.70. The van der Waals surface area contributed by atoms with Crippen LogP contribution in [0.25, 0.3) is 0 Å². The average molecular weight is 218 g/mol. The lowest BCUT2D eigenvalue weighted by molar-refractivity contribution is 0.0108. The fourth-order valence-corrected chi connectivity index (χ4v) is 3.17. The number of aliphatic hydroxyl groups excluding tert-OH is 1. The molecule has 1 aromatic carbocycles. The molecule has 2 nitrogen and oxygen atoms in total. The lowest BCUT2D eigenvalue weighted by Gasteiger charge is -2.29. The van der Waals surface area contributed by atoms with Gasteiger partial charge in [0.25, 0.3) is 0 Å². The van der Waals surface area contributed by atoms with E-state index >= 15 is 0 Å². The highest BCUT2D eigenvalue weighted by molar-refractivity contribution is 5.34. The molecule has 3 rings (SSSR count). The van der Waals surface area contributed by atoms with Gasteiger partial charge < -0.3 is 9.84 Å². The molecule has 1 heterocycles. The molecule has 86 valence electrons. The SMILES string of the molecule is OC1c2ccccc2CC1C1CCOCC1. The molecule has 2 aliphatic rings. The van der Waals surface area contributed by atoms with Gasteiger partial charge in [-0.05, 0) is 42.2 Å². The van der Waals surface area contributed by atoms with Crippen LogP contribution in [-0.2, 0) is 11.2 Å². The van der Waals surface area contributed by atoms with E-state index in [1.807, 2.05) is 6.07 Å². The maximum atomic E-state index is 10.4. The van der Waals surface area contributed by atoms with Gasteiger partial charge in [0, 0.05) is 13.2 Å². The summed E-state index contributed by atoms with van der Waals surface area (Å²) in [6, 6.07) is 8.31. The van der Waals surface area contributed by atoms with Gasteiger partial charge in [0.05, 0.1) is 6.10 Å². The maximum absolute atomic E-state index is 10.4. The van der Waals surface area contributed by atoms with Gasteiger partial charge in [0.15, 0.2) is 0 Å². The van der Waals surface area contributed by atoms with Crippen molar-refractivity contribution in [2.75, 3.05) is 13.2 Å². The van der Waals surface area contributed by atoms with Crippen LogP contribution >= 0.6 is 0 Å². The van der Waals surface area contributed by atoms with Crippen molar-refractivity contribution in [1.82, 2.24) is 0 Å². The summed E-state index contributed by atoms with van der Waals surface area (Å²) in [6.45, 7) is 1.73. The molecule has 1 aromatic rings. The van der Waals surface area contributed by atoms with E-state index in [-0.39, 0.29) is 6.10 Å². The van der Waals surface area contributed by atoms with Crippen LogP contribution in [0.2, 0.25) is 0 Å². The van der Waals surface area contributed by atoms with E-state index in [0.29, 0.717) is 11.8 Å². The first-order valence-corrected chi connectivity index (χ1v) is 6.20. The van der Waals surface area contributed by atoms with Crippen LogP contribution < -0.4 is 0 Å². The van der Waals surface area contributed by atoms with Crippen molar-refractivity contribution in [2.45, 2.75) is 25.4 Å². The topological polar surface area (TPSA) is 29.5 Å². The lowest BCUT2D eigenvalue weighted by atomic mass is 9.83. The molecule has 1 aliphatic heterocycles. The zero-order valence-electron chi connectivity index (χ0n) is 9.43. The number of benzene rings is 1. The Morgan fingerprint density at radius 1 is 1.12 bits per heavy atom. The summed E-state index contributed by atoms with van der Waals surface area (Å²) in [6.07, 6.45) is 3.01. The molecule has 0 spiro atoms. The first-order valence-electron chi connectivity index (χ1n) is 6.20. The second kappa shape index (κ2) is 4.19. The minimum Gasteiger partial charge on any atom is -0.388 e. The highest BCUT2D eigenvalue weighted by Crippen LogP contribution is 2.42. The van der Waals surface area contributed by atoms with Crippen LogP contribution in [0.15, 0.2) is 24.3 Å². The van der Waals surface area contributed by atoms with E-state index in [4.69, 9.17) is 4.74 Å². The Morgan fingerprint density at radius 3 is 2.62 bits per heavy atom. The Balaban J connectivity index is 1.80. The Labute approximate surface area is 96.2 Å². The molecular formula is C14H18O2. The molecule has 2 unspecified atom stereocenters. The largest absolute Gasteiger partial charge is 0.388 e. The second-order valence-corrected chi connectivity index (χ2v) is 4.96. The summed E-state index contributed by atoms with van der Waals surface area (Å²) in [5.41, 5.74) is 2.49. The fraction of sp³-hybridized carbons (Fsp3) is 0.571. The fourth-order valence-electron chi connectivity index (χ4n) is 3.17. The number of hydrogen-bond acceptors (Lipinski definition) is 2. The number of ether oxygens (including phenoxy) is 1. The quantitative estimate of drug-likeness (QED) is 0.784. The highest BCUT2D eigenvalue weighted by Gasteiger charge is 2.36. The molecule has 1 saturated heterocycles. The number of hydrogen-bond donors (Lipinski definition) is 1. The van der Waals surface area contributed by atoms with E-state index in [0.717, 1.165) is 38.0 Å². The van der Waals surface area contributed by atoms with E-state index < -0.39 is 0 Å². The molecule has 2 atom stereocenters.